The second kappa shape index (κ2) is 6.90. The van der Waals surface area contributed by atoms with Crippen molar-refractivity contribution < 1.29 is 0 Å². The molecule has 0 aromatic carbocycles. The highest BCUT2D eigenvalue weighted by atomic mass is 15.3. The van der Waals surface area contributed by atoms with Crippen LogP contribution < -0.4 is 5.32 Å². The van der Waals surface area contributed by atoms with Crippen LogP contribution in [0.2, 0.25) is 0 Å². The molecule has 0 spiro atoms. The van der Waals surface area contributed by atoms with Crippen molar-refractivity contribution in [3.8, 4) is 0 Å². The van der Waals surface area contributed by atoms with E-state index in [-0.39, 0.29) is 0 Å². The lowest BCUT2D eigenvalue weighted by Crippen LogP contribution is -2.42. The maximum absolute atomic E-state index is 4.36. The minimum Gasteiger partial charge on any atom is -0.308 e. The lowest BCUT2D eigenvalue weighted by atomic mass is 10.1. The van der Waals surface area contributed by atoms with Crippen LogP contribution in [-0.4, -0.2) is 40.4 Å². The van der Waals surface area contributed by atoms with Crippen molar-refractivity contribution in [2.24, 2.45) is 0 Å². The molecule has 0 aliphatic carbocycles. The molecular formula is C14H26N4. The van der Waals surface area contributed by atoms with Crippen LogP contribution in [0.5, 0.6) is 0 Å². The normalized spacial score (nSPS) is 18.3. The van der Waals surface area contributed by atoms with Gasteiger partial charge < -0.3 is 10.2 Å². The Morgan fingerprint density at radius 2 is 2.11 bits per heavy atom. The molecule has 1 aliphatic heterocycles. The number of nitrogens with one attached hydrogen (secondary N) is 1. The highest BCUT2D eigenvalue weighted by Gasteiger charge is 2.17. The van der Waals surface area contributed by atoms with Gasteiger partial charge in [0.15, 0.2) is 0 Å². The summed E-state index contributed by atoms with van der Waals surface area (Å²) in [5.41, 5.74) is 1.31. The van der Waals surface area contributed by atoms with Gasteiger partial charge >= 0.3 is 0 Å². The van der Waals surface area contributed by atoms with Gasteiger partial charge in [0.05, 0.1) is 5.69 Å². The van der Waals surface area contributed by atoms with Crippen molar-refractivity contribution in [1.82, 2.24) is 20.0 Å². The van der Waals surface area contributed by atoms with Gasteiger partial charge in [-0.2, -0.15) is 5.10 Å². The summed E-state index contributed by atoms with van der Waals surface area (Å²) in [4.78, 5) is 2.53. The largest absolute Gasteiger partial charge is 0.308 e. The smallest absolute Gasteiger partial charge is 0.0522 e. The van der Waals surface area contributed by atoms with E-state index in [2.05, 4.69) is 39.9 Å². The monoisotopic (exact) mass is 250 g/mol. The Morgan fingerprint density at radius 3 is 2.78 bits per heavy atom. The van der Waals surface area contributed by atoms with Crippen LogP contribution in [0.4, 0.5) is 0 Å². The van der Waals surface area contributed by atoms with Gasteiger partial charge in [-0.25, -0.2) is 0 Å². The fourth-order valence-electron chi connectivity index (χ4n) is 2.63. The van der Waals surface area contributed by atoms with Gasteiger partial charge in [0.2, 0.25) is 0 Å². The average Bonchev–Trinajstić information content (AvgIpc) is 2.85. The first-order valence-corrected chi connectivity index (χ1v) is 7.30. The summed E-state index contributed by atoms with van der Waals surface area (Å²) < 4.78 is 2.12. The van der Waals surface area contributed by atoms with Crippen molar-refractivity contribution in [2.45, 2.75) is 52.2 Å². The Balaban J connectivity index is 1.76. The van der Waals surface area contributed by atoms with Crippen molar-refractivity contribution in [3.63, 3.8) is 0 Å². The van der Waals surface area contributed by atoms with Gasteiger partial charge in [-0.1, -0.05) is 13.8 Å². The van der Waals surface area contributed by atoms with Gasteiger partial charge in [-0.05, 0) is 45.0 Å². The van der Waals surface area contributed by atoms with E-state index in [0.717, 1.165) is 19.5 Å². The molecule has 0 saturated carbocycles. The van der Waals surface area contributed by atoms with E-state index >= 15 is 0 Å². The van der Waals surface area contributed by atoms with E-state index in [9.17, 15) is 0 Å². The molecule has 4 heteroatoms. The Bertz CT molecular complexity index is 339. The zero-order valence-electron chi connectivity index (χ0n) is 11.7. The van der Waals surface area contributed by atoms with E-state index in [1.165, 1.54) is 38.2 Å². The summed E-state index contributed by atoms with van der Waals surface area (Å²) in [6.07, 6.45) is 5.60. The van der Waals surface area contributed by atoms with Gasteiger partial charge in [-0.15, -0.1) is 0 Å². The number of hydrogen-bond acceptors (Lipinski definition) is 3. The third kappa shape index (κ3) is 3.56. The molecule has 0 bridgehead atoms. The van der Waals surface area contributed by atoms with E-state index in [0.29, 0.717) is 6.04 Å². The summed E-state index contributed by atoms with van der Waals surface area (Å²) in [5.74, 6) is 0. The van der Waals surface area contributed by atoms with E-state index in [1.54, 1.807) is 0 Å². The lowest BCUT2D eigenvalue weighted by molar-refractivity contribution is 0.205. The van der Waals surface area contributed by atoms with E-state index in [4.69, 9.17) is 0 Å². The fourth-order valence-corrected chi connectivity index (χ4v) is 2.63. The molecule has 1 aliphatic rings. The summed E-state index contributed by atoms with van der Waals surface area (Å²) in [5, 5.41) is 8.04. The predicted octanol–water partition coefficient (Wildman–Crippen LogP) is 1.87. The quantitative estimate of drug-likeness (QED) is 0.836. The number of aryl methyl sites for hydroxylation is 1. The van der Waals surface area contributed by atoms with Crippen LogP contribution in [0.3, 0.4) is 0 Å². The molecule has 0 radical (unpaired) electrons. The molecule has 0 atom stereocenters. The van der Waals surface area contributed by atoms with Crippen LogP contribution in [0.25, 0.3) is 0 Å². The zero-order chi connectivity index (χ0) is 12.8. The second-order valence-corrected chi connectivity index (χ2v) is 5.14. The van der Waals surface area contributed by atoms with Crippen LogP contribution in [0.1, 0.15) is 38.8 Å². The van der Waals surface area contributed by atoms with Crippen LogP contribution >= 0.6 is 0 Å². The molecule has 1 saturated heterocycles. The first-order chi connectivity index (χ1) is 8.83. The van der Waals surface area contributed by atoms with Crippen molar-refractivity contribution >= 4 is 0 Å². The van der Waals surface area contributed by atoms with Gasteiger partial charge in [0, 0.05) is 25.3 Å². The number of piperidine rings is 1. The van der Waals surface area contributed by atoms with Gasteiger partial charge in [0.25, 0.3) is 0 Å². The number of rotatable bonds is 6. The summed E-state index contributed by atoms with van der Waals surface area (Å²) in [7, 11) is 0. The average molecular weight is 250 g/mol. The molecule has 102 valence electrons. The second-order valence-electron chi connectivity index (χ2n) is 5.14. The number of likely N-dealkylation sites (tertiary alicyclic amines) is 1. The maximum atomic E-state index is 4.36. The summed E-state index contributed by atoms with van der Waals surface area (Å²) in [6.45, 7) is 10.1. The molecule has 4 nitrogen and oxygen atoms in total. The van der Waals surface area contributed by atoms with Gasteiger partial charge in [-0.3, -0.25) is 4.68 Å². The van der Waals surface area contributed by atoms with Crippen molar-refractivity contribution in [3.05, 3.63) is 18.0 Å². The third-order valence-corrected chi connectivity index (χ3v) is 3.85. The molecular weight excluding hydrogens is 224 g/mol. The maximum Gasteiger partial charge on any atom is 0.0522 e. The topological polar surface area (TPSA) is 33.1 Å². The molecule has 1 fully saturated rings. The fraction of sp³-hybridized carbons (Fsp3) is 0.786. The molecule has 0 amide bonds. The molecule has 0 unspecified atom stereocenters. The predicted molar refractivity (Wildman–Crippen MR) is 74.5 cm³/mol. The number of hydrogen-bond donors (Lipinski definition) is 1. The number of nitrogens with zero attached hydrogens (tertiary/aromatic N) is 3. The lowest BCUT2D eigenvalue weighted by Gasteiger charge is -2.31. The summed E-state index contributed by atoms with van der Waals surface area (Å²) >= 11 is 0. The molecule has 1 aromatic rings. The molecule has 2 heterocycles. The Hall–Kier alpha value is -0.870. The highest BCUT2D eigenvalue weighted by Crippen LogP contribution is 2.10. The van der Waals surface area contributed by atoms with Crippen LogP contribution in [0, 0.1) is 0 Å². The molecule has 1 aromatic heterocycles. The molecule has 2 rings (SSSR count). The Kier molecular flexibility index (Phi) is 5.20. The minimum atomic E-state index is 0.678. The Morgan fingerprint density at radius 1 is 1.33 bits per heavy atom. The van der Waals surface area contributed by atoms with Crippen molar-refractivity contribution in [1.29, 1.82) is 0 Å². The first kappa shape index (κ1) is 13.6. The molecule has 1 N–H and O–H groups in total. The van der Waals surface area contributed by atoms with Crippen molar-refractivity contribution in [2.75, 3.05) is 19.6 Å². The van der Waals surface area contributed by atoms with Crippen LogP contribution in [-0.2, 0) is 13.1 Å². The minimum absolute atomic E-state index is 0.678. The van der Waals surface area contributed by atoms with Gasteiger partial charge in [0.1, 0.15) is 0 Å². The van der Waals surface area contributed by atoms with E-state index < -0.39 is 0 Å². The SMILES string of the molecule is CCCn1nccc1CNC1CCN(CC)CC1. The first-order valence-electron chi connectivity index (χ1n) is 7.30. The third-order valence-electron chi connectivity index (χ3n) is 3.85. The molecule has 18 heavy (non-hydrogen) atoms. The van der Waals surface area contributed by atoms with E-state index in [1.807, 2.05) is 6.20 Å². The standard InChI is InChI=1S/C14H26N4/c1-3-9-18-14(5-8-16-18)12-15-13-6-10-17(4-2)11-7-13/h5,8,13,15H,3-4,6-7,9-12H2,1-2H3. The summed E-state index contributed by atoms with van der Waals surface area (Å²) in [6, 6.07) is 2.81. The Labute approximate surface area is 110 Å². The number of aromatic nitrogens is 2. The zero-order valence-corrected chi connectivity index (χ0v) is 11.7. The highest BCUT2D eigenvalue weighted by molar-refractivity contribution is 5.00. The van der Waals surface area contributed by atoms with Crippen LogP contribution in [0.15, 0.2) is 12.3 Å².